The van der Waals surface area contributed by atoms with Crippen LogP contribution in [0, 0.1) is 0 Å². The fraction of sp³-hybridized carbons (Fsp3) is 0.118. The Labute approximate surface area is 152 Å². The summed E-state index contributed by atoms with van der Waals surface area (Å²) in [4.78, 5) is 28.4. The Hall–Kier alpha value is -2.64. The number of rotatable bonds is 5. The van der Waals surface area contributed by atoms with Crippen LogP contribution in [-0.2, 0) is 4.79 Å². The van der Waals surface area contributed by atoms with E-state index in [0.29, 0.717) is 27.0 Å². The first kappa shape index (κ1) is 17.2. The van der Waals surface area contributed by atoms with Crippen molar-refractivity contribution in [3.8, 4) is 5.75 Å². The lowest BCUT2D eigenvalue weighted by Crippen LogP contribution is -2.32. The van der Waals surface area contributed by atoms with Crippen molar-refractivity contribution >= 4 is 50.1 Å². The molecule has 0 fully saturated rings. The molecule has 0 unspecified atom stereocenters. The number of hydrogen-bond donors (Lipinski definition) is 2. The van der Waals surface area contributed by atoms with Crippen molar-refractivity contribution in [1.82, 2.24) is 10.3 Å². The van der Waals surface area contributed by atoms with Crippen LogP contribution in [0.15, 0.2) is 42.5 Å². The summed E-state index contributed by atoms with van der Waals surface area (Å²) in [5.41, 5.74) is 1.01. The second-order valence-electron chi connectivity index (χ2n) is 5.04. The van der Waals surface area contributed by atoms with Gasteiger partial charge < -0.3 is 15.4 Å². The Morgan fingerprint density at radius 3 is 2.76 bits per heavy atom. The van der Waals surface area contributed by atoms with E-state index in [1.165, 1.54) is 11.3 Å². The standard InChI is InChI=1S/C17H14ClN3O3S/c1-24-12-7-4-8-13-15(12)21-17(25-13)20-14(22)9-19-16(23)10-5-2-3-6-11(10)18/h2-8H,9H2,1H3,(H,19,23)(H,20,21,22). The molecule has 0 radical (unpaired) electrons. The van der Waals surface area contributed by atoms with Gasteiger partial charge in [-0.3, -0.25) is 9.59 Å². The number of thiazole rings is 1. The summed E-state index contributed by atoms with van der Waals surface area (Å²) < 4.78 is 6.14. The second kappa shape index (κ2) is 7.50. The molecule has 2 amide bonds. The van der Waals surface area contributed by atoms with Crippen LogP contribution >= 0.6 is 22.9 Å². The van der Waals surface area contributed by atoms with Crippen molar-refractivity contribution in [3.63, 3.8) is 0 Å². The lowest BCUT2D eigenvalue weighted by Gasteiger charge is -2.06. The Kier molecular flexibility index (Phi) is 5.16. The Balaban J connectivity index is 1.63. The first-order chi connectivity index (χ1) is 12.1. The largest absolute Gasteiger partial charge is 0.494 e. The quantitative estimate of drug-likeness (QED) is 0.716. The topological polar surface area (TPSA) is 80.3 Å². The fourth-order valence-corrected chi connectivity index (χ4v) is 3.33. The molecule has 0 aliphatic heterocycles. The van der Waals surface area contributed by atoms with Crippen molar-refractivity contribution in [2.24, 2.45) is 0 Å². The van der Waals surface area contributed by atoms with E-state index in [1.807, 2.05) is 12.1 Å². The molecule has 3 rings (SSSR count). The van der Waals surface area contributed by atoms with E-state index in [0.717, 1.165) is 4.70 Å². The molecule has 1 heterocycles. The number of methoxy groups -OCH3 is 1. The minimum absolute atomic E-state index is 0.183. The smallest absolute Gasteiger partial charge is 0.253 e. The number of hydrogen-bond acceptors (Lipinski definition) is 5. The van der Waals surface area contributed by atoms with E-state index < -0.39 is 5.91 Å². The molecule has 6 nitrogen and oxygen atoms in total. The molecule has 0 saturated heterocycles. The van der Waals surface area contributed by atoms with Crippen LogP contribution in [0.5, 0.6) is 5.75 Å². The summed E-state index contributed by atoms with van der Waals surface area (Å²) in [6, 6.07) is 12.2. The van der Waals surface area contributed by atoms with Crippen LogP contribution in [0.2, 0.25) is 5.02 Å². The molecule has 8 heteroatoms. The first-order valence-corrected chi connectivity index (χ1v) is 8.54. The highest BCUT2D eigenvalue weighted by Gasteiger charge is 2.13. The van der Waals surface area contributed by atoms with Crippen molar-refractivity contribution in [3.05, 3.63) is 53.1 Å². The number of anilines is 1. The van der Waals surface area contributed by atoms with Gasteiger partial charge in [-0.2, -0.15) is 0 Å². The predicted octanol–water partition coefficient (Wildman–Crippen LogP) is 3.33. The Morgan fingerprint density at radius 2 is 2.00 bits per heavy atom. The highest BCUT2D eigenvalue weighted by Crippen LogP contribution is 2.31. The maximum atomic E-state index is 12.0. The number of para-hydroxylation sites is 1. The summed E-state index contributed by atoms with van der Waals surface area (Å²) in [5, 5.41) is 5.98. The van der Waals surface area contributed by atoms with Crippen LogP contribution in [-0.4, -0.2) is 30.5 Å². The summed E-state index contributed by atoms with van der Waals surface area (Å²) in [7, 11) is 1.57. The molecule has 3 aromatic rings. The van der Waals surface area contributed by atoms with Gasteiger partial charge >= 0.3 is 0 Å². The van der Waals surface area contributed by atoms with E-state index in [1.54, 1.807) is 37.4 Å². The van der Waals surface area contributed by atoms with Crippen LogP contribution in [0.4, 0.5) is 5.13 Å². The molecule has 1 aromatic heterocycles. The van der Waals surface area contributed by atoms with Gasteiger partial charge in [0.2, 0.25) is 5.91 Å². The Morgan fingerprint density at radius 1 is 1.20 bits per heavy atom. The molecule has 0 atom stereocenters. The number of fused-ring (bicyclic) bond motifs is 1. The number of nitrogens with zero attached hydrogens (tertiary/aromatic N) is 1. The highest BCUT2D eigenvalue weighted by atomic mass is 35.5. The molecule has 0 saturated carbocycles. The molecule has 0 bridgehead atoms. The van der Waals surface area contributed by atoms with Gasteiger partial charge in [-0.15, -0.1) is 0 Å². The summed E-state index contributed by atoms with van der Waals surface area (Å²) in [6.07, 6.45) is 0. The van der Waals surface area contributed by atoms with Crippen molar-refractivity contribution < 1.29 is 14.3 Å². The molecule has 25 heavy (non-hydrogen) atoms. The predicted molar refractivity (Wildman–Crippen MR) is 98.6 cm³/mol. The number of carbonyl (C=O) groups excluding carboxylic acids is 2. The third-order valence-electron chi connectivity index (χ3n) is 3.38. The van der Waals surface area contributed by atoms with E-state index >= 15 is 0 Å². The van der Waals surface area contributed by atoms with E-state index in [2.05, 4.69) is 15.6 Å². The van der Waals surface area contributed by atoms with Crippen molar-refractivity contribution in [1.29, 1.82) is 0 Å². The summed E-state index contributed by atoms with van der Waals surface area (Å²) >= 11 is 7.29. The maximum absolute atomic E-state index is 12.0. The highest BCUT2D eigenvalue weighted by molar-refractivity contribution is 7.22. The van der Waals surface area contributed by atoms with E-state index in [-0.39, 0.29) is 12.5 Å². The monoisotopic (exact) mass is 375 g/mol. The molecule has 0 aliphatic carbocycles. The third kappa shape index (κ3) is 3.89. The van der Waals surface area contributed by atoms with Crippen molar-refractivity contribution in [2.75, 3.05) is 19.0 Å². The number of benzene rings is 2. The minimum Gasteiger partial charge on any atom is -0.494 e. The number of nitrogens with one attached hydrogen (secondary N) is 2. The SMILES string of the molecule is COc1cccc2sc(NC(=O)CNC(=O)c3ccccc3Cl)nc12. The number of amides is 2. The molecular weight excluding hydrogens is 362 g/mol. The second-order valence-corrected chi connectivity index (χ2v) is 6.47. The lowest BCUT2D eigenvalue weighted by atomic mass is 10.2. The number of halogens is 1. The van der Waals surface area contributed by atoms with Gasteiger partial charge in [0.15, 0.2) is 5.13 Å². The summed E-state index contributed by atoms with van der Waals surface area (Å²) in [6.45, 7) is -0.183. The van der Waals surface area contributed by atoms with E-state index in [9.17, 15) is 9.59 Å². The van der Waals surface area contributed by atoms with E-state index in [4.69, 9.17) is 16.3 Å². The minimum atomic E-state index is -0.410. The number of ether oxygens (including phenoxy) is 1. The van der Waals surface area contributed by atoms with Gasteiger partial charge in [0.05, 0.1) is 28.9 Å². The zero-order chi connectivity index (χ0) is 17.8. The number of carbonyl (C=O) groups is 2. The average Bonchev–Trinajstić information content (AvgIpc) is 3.02. The molecule has 128 valence electrons. The van der Waals surface area contributed by atoms with Gasteiger partial charge in [-0.25, -0.2) is 4.98 Å². The normalized spacial score (nSPS) is 10.5. The fourth-order valence-electron chi connectivity index (χ4n) is 2.21. The summed E-state index contributed by atoms with van der Waals surface area (Å²) in [5.74, 6) is -0.147. The van der Waals surface area contributed by atoms with Crippen molar-refractivity contribution in [2.45, 2.75) is 0 Å². The zero-order valence-electron chi connectivity index (χ0n) is 13.2. The number of aromatic nitrogens is 1. The van der Waals surface area contributed by atoms with Crippen LogP contribution in [0.3, 0.4) is 0 Å². The Bertz CT molecular complexity index is 942. The van der Waals surface area contributed by atoms with Crippen LogP contribution < -0.4 is 15.4 Å². The van der Waals surface area contributed by atoms with Crippen LogP contribution in [0.1, 0.15) is 10.4 Å². The third-order valence-corrected chi connectivity index (χ3v) is 4.64. The molecule has 0 aliphatic rings. The van der Waals surface area contributed by atoms with Gasteiger partial charge in [0.25, 0.3) is 5.91 Å². The first-order valence-electron chi connectivity index (χ1n) is 7.34. The zero-order valence-corrected chi connectivity index (χ0v) is 14.8. The average molecular weight is 376 g/mol. The molecule has 0 spiro atoms. The van der Waals surface area contributed by atoms with Gasteiger partial charge in [-0.1, -0.05) is 41.1 Å². The molecule has 2 aromatic carbocycles. The lowest BCUT2D eigenvalue weighted by molar-refractivity contribution is -0.115. The van der Waals surface area contributed by atoms with Gasteiger partial charge in [-0.05, 0) is 24.3 Å². The molecular formula is C17H14ClN3O3S. The van der Waals surface area contributed by atoms with Crippen LogP contribution in [0.25, 0.3) is 10.2 Å². The van der Waals surface area contributed by atoms with Gasteiger partial charge in [0.1, 0.15) is 11.3 Å². The molecule has 2 N–H and O–H groups in total. The maximum Gasteiger partial charge on any atom is 0.253 e. The van der Waals surface area contributed by atoms with Gasteiger partial charge in [0, 0.05) is 0 Å².